The third-order valence-electron chi connectivity index (χ3n) is 5.74. The largest absolute Gasteiger partial charge is 0.306 e. The maximum atomic E-state index is 6.23. The van der Waals surface area contributed by atoms with E-state index in [1.807, 2.05) is 0 Å². The van der Waals surface area contributed by atoms with Gasteiger partial charge in [-0.1, -0.05) is 54.6 Å². The van der Waals surface area contributed by atoms with Gasteiger partial charge in [0, 0.05) is 11.9 Å². The Balaban J connectivity index is 1.36. The minimum absolute atomic E-state index is 0.407. The second-order valence-corrected chi connectivity index (χ2v) is 8.45. The van der Waals surface area contributed by atoms with E-state index in [0.717, 1.165) is 25.4 Å². The molecular weight excluding hydrogens is 338 g/mol. The molecule has 1 nitrogen and oxygen atoms in total. The van der Waals surface area contributed by atoms with E-state index < -0.39 is 0 Å². The van der Waals surface area contributed by atoms with Crippen molar-refractivity contribution in [3.8, 4) is 0 Å². The second-order valence-electron chi connectivity index (χ2n) is 7.83. The van der Waals surface area contributed by atoms with Crippen LogP contribution in [0.3, 0.4) is 0 Å². The first kappa shape index (κ1) is 19.5. The summed E-state index contributed by atoms with van der Waals surface area (Å²) in [6.07, 6.45) is 8.37. The second kappa shape index (κ2) is 10.1. The average Bonchev–Trinajstić information content (AvgIpc) is 2.68. The van der Waals surface area contributed by atoms with Crippen molar-refractivity contribution in [1.29, 1.82) is 0 Å². The van der Waals surface area contributed by atoms with Crippen LogP contribution in [0.5, 0.6) is 0 Å². The zero-order valence-electron chi connectivity index (χ0n) is 16.0. The molecule has 3 rings (SSSR count). The molecule has 0 radical (unpaired) electrons. The van der Waals surface area contributed by atoms with Gasteiger partial charge in [-0.3, -0.25) is 0 Å². The summed E-state index contributed by atoms with van der Waals surface area (Å²) >= 11 is 6.23. The van der Waals surface area contributed by atoms with Crippen molar-refractivity contribution in [3.63, 3.8) is 0 Å². The summed E-state index contributed by atoms with van der Waals surface area (Å²) in [5.74, 6) is 0.725. The number of rotatable bonds is 8. The van der Waals surface area contributed by atoms with E-state index in [9.17, 15) is 0 Å². The summed E-state index contributed by atoms with van der Waals surface area (Å²) in [5.41, 5.74) is 4.41. The molecule has 0 bridgehead atoms. The number of hydrogen-bond acceptors (Lipinski definition) is 1. The van der Waals surface area contributed by atoms with Crippen LogP contribution in [0, 0.1) is 0 Å². The molecule has 0 amide bonds. The van der Waals surface area contributed by atoms with Crippen molar-refractivity contribution in [2.45, 2.75) is 56.2 Å². The minimum atomic E-state index is 0.407. The van der Waals surface area contributed by atoms with Gasteiger partial charge in [0.2, 0.25) is 0 Å². The van der Waals surface area contributed by atoms with E-state index in [2.05, 4.69) is 66.5 Å². The quantitative estimate of drug-likeness (QED) is 0.511. The van der Waals surface area contributed by atoms with Crippen LogP contribution in [0.15, 0.2) is 54.6 Å². The monoisotopic (exact) mass is 369 g/mol. The van der Waals surface area contributed by atoms with Gasteiger partial charge in [-0.05, 0) is 81.1 Å². The van der Waals surface area contributed by atoms with Crippen LogP contribution in [0.4, 0.5) is 0 Å². The van der Waals surface area contributed by atoms with E-state index in [0.29, 0.717) is 5.38 Å². The fourth-order valence-electron chi connectivity index (χ4n) is 3.97. The summed E-state index contributed by atoms with van der Waals surface area (Å²) in [7, 11) is 2.24. The summed E-state index contributed by atoms with van der Waals surface area (Å²) in [6, 6.07) is 20.2. The third kappa shape index (κ3) is 6.14. The van der Waals surface area contributed by atoms with Gasteiger partial charge in [0.1, 0.15) is 0 Å². The molecule has 2 aromatic carbocycles. The Morgan fingerprint density at radius 2 is 1.46 bits per heavy atom. The first-order chi connectivity index (χ1) is 12.7. The molecule has 0 atom stereocenters. The van der Waals surface area contributed by atoms with Crippen molar-refractivity contribution in [2.24, 2.45) is 0 Å². The van der Waals surface area contributed by atoms with Gasteiger partial charge >= 0.3 is 0 Å². The molecule has 0 spiro atoms. The van der Waals surface area contributed by atoms with Gasteiger partial charge in [-0.15, -0.1) is 11.6 Å². The lowest BCUT2D eigenvalue weighted by Gasteiger charge is -2.25. The lowest BCUT2D eigenvalue weighted by Crippen LogP contribution is -2.22. The number of nitrogens with zero attached hydrogens (tertiary/aromatic N) is 1. The van der Waals surface area contributed by atoms with Crippen LogP contribution >= 0.6 is 11.6 Å². The number of hydrogen-bond donors (Lipinski definition) is 0. The molecule has 1 aliphatic rings. The predicted octanol–water partition coefficient (Wildman–Crippen LogP) is 6.06. The van der Waals surface area contributed by atoms with E-state index >= 15 is 0 Å². The first-order valence-corrected chi connectivity index (χ1v) is 10.6. The Hall–Kier alpha value is -1.31. The van der Waals surface area contributed by atoms with Crippen molar-refractivity contribution >= 4 is 11.6 Å². The average molecular weight is 370 g/mol. The van der Waals surface area contributed by atoms with Crippen LogP contribution in [0.1, 0.15) is 54.7 Å². The highest BCUT2D eigenvalue weighted by atomic mass is 35.5. The smallest absolute Gasteiger partial charge is 0.0336 e. The molecule has 140 valence electrons. The highest BCUT2D eigenvalue weighted by Crippen LogP contribution is 2.34. The summed E-state index contributed by atoms with van der Waals surface area (Å²) < 4.78 is 0. The van der Waals surface area contributed by atoms with Crippen LogP contribution in [-0.2, 0) is 12.8 Å². The van der Waals surface area contributed by atoms with E-state index in [4.69, 9.17) is 11.6 Å². The standard InChI is InChI=1S/C24H32ClN/c1-26(19-17-20-6-3-2-4-7-20)18-5-8-21-9-11-22(12-10-21)23-13-15-24(25)16-14-23/h2-4,6-7,9-12,23-24H,5,8,13-19H2,1H3. The van der Waals surface area contributed by atoms with Crippen molar-refractivity contribution in [3.05, 3.63) is 71.3 Å². The van der Waals surface area contributed by atoms with Crippen LogP contribution < -0.4 is 0 Å². The summed E-state index contributed by atoms with van der Waals surface area (Å²) in [6.45, 7) is 2.29. The lowest BCUT2D eigenvalue weighted by atomic mass is 9.83. The Bertz CT molecular complexity index is 629. The zero-order valence-corrected chi connectivity index (χ0v) is 16.8. The van der Waals surface area contributed by atoms with Gasteiger partial charge in [-0.2, -0.15) is 0 Å². The Kier molecular flexibility index (Phi) is 7.58. The summed E-state index contributed by atoms with van der Waals surface area (Å²) in [5, 5.41) is 0.407. The van der Waals surface area contributed by atoms with Crippen molar-refractivity contribution in [1.82, 2.24) is 4.90 Å². The van der Waals surface area contributed by atoms with Crippen molar-refractivity contribution in [2.75, 3.05) is 20.1 Å². The topological polar surface area (TPSA) is 3.24 Å². The molecule has 2 aromatic rings. The molecule has 26 heavy (non-hydrogen) atoms. The highest BCUT2D eigenvalue weighted by Gasteiger charge is 2.20. The number of likely N-dealkylation sites (N-methyl/N-ethyl adjacent to an activating group) is 1. The molecule has 0 N–H and O–H groups in total. The van der Waals surface area contributed by atoms with E-state index in [-0.39, 0.29) is 0 Å². The fourth-order valence-corrected chi connectivity index (χ4v) is 4.22. The van der Waals surface area contributed by atoms with Gasteiger partial charge < -0.3 is 4.90 Å². The van der Waals surface area contributed by atoms with Crippen LogP contribution in [0.25, 0.3) is 0 Å². The van der Waals surface area contributed by atoms with Crippen molar-refractivity contribution < 1.29 is 0 Å². The van der Waals surface area contributed by atoms with Gasteiger partial charge in [0.05, 0.1) is 0 Å². The van der Waals surface area contributed by atoms with E-state index in [1.165, 1.54) is 55.2 Å². The molecule has 0 saturated heterocycles. The van der Waals surface area contributed by atoms with Crippen LogP contribution in [0.2, 0.25) is 0 Å². The third-order valence-corrected chi connectivity index (χ3v) is 6.17. The molecule has 0 heterocycles. The molecule has 1 aliphatic carbocycles. The highest BCUT2D eigenvalue weighted by molar-refractivity contribution is 6.20. The molecule has 2 heteroatoms. The first-order valence-electron chi connectivity index (χ1n) is 10.2. The number of alkyl halides is 1. The minimum Gasteiger partial charge on any atom is -0.306 e. The number of halogens is 1. The Labute approximate surface area is 164 Å². The van der Waals surface area contributed by atoms with Crippen LogP contribution in [-0.4, -0.2) is 30.4 Å². The normalized spacial score (nSPS) is 20.4. The molecular formula is C24H32ClN. The maximum absolute atomic E-state index is 6.23. The molecule has 0 aromatic heterocycles. The fraction of sp³-hybridized carbons (Fsp3) is 0.500. The zero-order chi connectivity index (χ0) is 18.2. The lowest BCUT2D eigenvalue weighted by molar-refractivity contribution is 0.333. The predicted molar refractivity (Wildman–Crippen MR) is 113 cm³/mol. The van der Waals surface area contributed by atoms with Gasteiger partial charge in [-0.25, -0.2) is 0 Å². The molecule has 0 unspecified atom stereocenters. The number of aryl methyl sites for hydroxylation is 1. The van der Waals surface area contributed by atoms with E-state index in [1.54, 1.807) is 0 Å². The molecule has 0 aliphatic heterocycles. The Morgan fingerprint density at radius 1 is 0.808 bits per heavy atom. The summed E-state index contributed by atoms with van der Waals surface area (Å²) in [4.78, 5) is 2.45. The van der Waals surface area contributed by atoms with Gasteiger partial charge in [0.15, 0.2) is 0 Å². The SMILES string of the molecule is CN(CCCc1ccc(C2CCC(Cl)CC2)cc1)CCc1ccccc1. The number of benzene rings is 2. The molecule has 1 saturated carbocycles. The molecule has 1 fully saturated rings. The van der Waals surface area contributed by atoms with Gasteiger partial charge in [0.25, 0.3) is 0 Å². The Morgan fingerprint density at radius 3 is 2.15 bits per heavy atom. The maximum Gasteiger partial charge on any atom is 0.0336 e.